The molecule has 2 rings (SSSR count). The molecule has 0 aromatic carbocycles. The summed E-state index contributed by atoms with van der Waals surface area (Å²) in [6.07, 6.45) is 0.0512. The molecule has 0 aromatic heterocycles. The lowest BCUT2D eigenvalue weighted by atomic mass is 10.0. The van der Waals surface area contributed by atoms with Gasteiger partial charge in [-0.25, -0.2) is 0 Å². The minimum Gasteiger partial charge on any atom is -0.373 e. The van der Waals surface area contributed by atoms with Crippen LogP contribution in [0.2, 0.25) is 0 Å². The Kier molecular flexibility index (Phi) is 1.42. The van der Waals surface area contributed by atoms with Crippen molar-refractivity contribution < 1.29 is 15.6 Å². The molecule has 0 unspecified atom stereocenters. The number of ether oxygens (including phenoxy) is 3. The minimum absolute atomic E-state index is 0.0139. The van der Waals surface area contributed by atoms with Gasteiger partial charge >= 0.3 is 0 Å². The van der Waals surface area contributed by atoms with Gasteiger partial charge in [-0.15, -0.1) is 0 Å². The first-order chi connectivity index (χ1) is 5.82. The fourth-order valence-electron chi connectivity index (χ4n) is 1.70. The van der Waals surface area contributed by atoms with E-state index < -0.39 is 5.60 Å². The number of rotatable bonds is 2. The van der Waals surface area contributed by atoms with Crippen molar-refractivity contribution in [2.24, 2.45) is 0 Å². The molecular weight excluding hydrogens is 144 g/mol. The summed E-state index contributed by atoms with van der Waals surface area (Å²) in [7, 11) is 0. The summed E-state index contributed by atoms with van der Waals surface area (Å²) in [5, 5.41) is 0. The average Bonchev–Trinajstić information content (AvgIpc) is 2.62. The molecule has 0 amide bonds. The van der Waals surface area contributed by atoms with Crippen molar-refractivity contribution in [1.82, 2.24) is 0 Å². The summed E-state index contributed by atoms with van der Waals surface area (Å²) in [6.45, 7) is 3.95. The highest BCUT2D eigenvalue weighted by Gasteiger charge is 2.54. The summed E-state index contributed by atoms with van der Waals surface area (Å²) in [5.41, 5.74) is -0.458. The molecule has 0 aliphatic carbocycles. The lowest BCUT2D eigenvalue weighted by Gasteiger charge is -2.23. The van der Waals surface area contributed by atoms with E-state index in [1.165, 1.54) is 0 Å². The van der Waals surface area contributed by atoms with Crippen LogP contribution in [0.4, 0.5) is 0 Å². The van der Waals surface area contributed by atoms with Gasteiger partial charge in [0.2, 0.25) is 0 Å². The zero-order valence-corrected chi connectivity index (χ0v) is 6.71. The molecule has 2 aliphatic heterocycles. The fraction of sp³-hybridized carbons (Fsp3) is 1.00. The Balaban J connectivity index is 2.10. The van der Waals surface area contributed by atoms with Crippen LogP contribution in [0, 0.1) is 0 Å². The summed E-state index contributed by atoms with van der Waals surface area (Å²) in [4.78, 5) is 0. The van der Waals surface area contributed by atoms with E-state index in [0.29, 0.717) is 19.8 Å². The molecule has 0 spiro atoms. The van der Waals surface area contributed by atoms with Crippen LogP contribution < -0.4 is 0 Å². The monoisotopic (exact) mass is 159 g/mol. The fourth-order valence-corrected chi connectivity index (χ4v) is 1.70. The summed E-state index contributed by atoms with van der Waals surface area (Å²) in [5.74, 6) is 0. The molecule has 2 saturated heterocycles. The maximum absolute atomic E-state index is 7.40. The van der Waals surface area contributed by atoms with Crippen LogP contribution >= 0.6 is 0 Å². The van der Waals surface area contributed by atoms with Gasteiger partial charge in [0.25, 0.3) is 0 Å². The van der Waals surface area contributed by atoms with Crippen LogP contribution in [0.3, 0.4) is 0 Å². The third-order valence-corrected chi connectivity index (χ3v) is 2.28. The average molecular weight is 159 g/mol. The van der Waals surface area contributed by atoms with E-state index in [0.717, 1.165) is 0 Å². The quantitative estimate of drug-likeness (QED) is 0.590. The number of hydrogen-bond acceptors (Lipinski definition) is 3. The van der Waals surface area contributed by atoms with Crippen LogP contribution in [-0.4, -0.2) is 37.6 Å². The van der Waals surface area contributed by atoms with Gasteiger partial charge in [0.05, 0.1) is 13.2 Å². The molecular formula is C8H14O3. The summed E-state index contributed by atoms with van der Waals surface area (Å²) >= 11 is 0. The van der Waals surface area contributed by atoms with E-state index >= 15 is 0 Å². The molecule has 2 bridgehead atoms. The normalized spacial score (nSPS) is 49.7. The lowest BCUT2D eigenvalue weighted by molar-refractivity contribution is -0.0938. The van der Waals surface area contributed by atoms with E-state index in [4.69, 9.17) is 15.6 Å². The van der Waals surface area contributed by atoms with Gasteiger partial charge in [-0.3, -0.25) is 0 Å². The highest BCUT2D eigenvalue weighted by Crippen LogP contribution is 2.37. The molecule has 11 heavy (non-hydrogen) atoms. The topological polar surface area (TPSA) is 27.7 Å². The van der Waals surface area contributed by atoms with Crippen LogP contribution in [0.5, 0.6) is 0 Å². The zero-order valence-electron chi connectivity index (χ0n) is 7.71. The second-order valence-corrected chi connectivity index (χ2v) is 3.10. The van der Waals surface area contributed by atoms with Gasteiger partial charge in [0.15, 0.2) is 0 Å². The Bertz CT molecular complexity index is 166. The first-order valence-electron chi connectivity index (χ1n) is 4.69. The Morgan fingerprint density at radius 1 is 1.82 bits per heavy atom. The molecule has 0 radical (unpaired) electrons. The van der Waals surface area contributed by atoms with Crippen molar-refractivity contribution in [3.63, 3.8) is 0 Å². The predicted octanol–water partition coefficient (Wildman–Crippen LogP) is 0.579. The predicted molar refractivity (Wildman–Crippen MR) is 39.5 cm³/mol. The molecule has 3 atom stereocenters. The molecule has 0 aromatic rings. The molecule has 0 N–H and O–H groups in total. The largest absolute Gasteiger partial charge is 0.373 e. The number of fused-ring (bicyclic) bond motifs is 2. The molecule has 3 heteroatoms. The smallest absolute Gasteiger partial charge is 0.117 e. The molecule has 3 nitrogen and oxygen atoms in total. The summed E-state index contributed by atoms with van der Waals surface area (Å²) < 4.78 is 23.9. The van der Waals surface area contributed by atoms with E-state index in [1.54, 1.807) is 0 Å². The first-order valence-corrected chi connectivity index (χ1v) is 3.99. The van der Waals surface area contributed by atoms with Gasteiger partial charge in [-0.05, 0) is 13.8 Å². The Hall–Kier alpha value is -0.120. The van der Waals surface area contributed by atoms with Crippen molar-refractivity contribution in [2.45, 2.75) is 31.6 Å². The van der Waals surface area contributed by atoms with Crippen molar-refractivity contribution in [3.05, 3.63) is 0 Å². The van der Waals surface area contributed by atoms with Crippen molar-refractivity contribution >= 4 is 0 Å². The summed E-state index contributed by atoms with van der Waals surface area (Å²) in [6, 6.07) is 0. The van der Waals surface area contributed by atoms with Crippen molar-refractivity contribution in [3.8, 4) is 0 Å². The Morgan fingerprint density at radius 2 is 2.73 bits per heavy atom. The van der Waals surface area contributed by atoms with Gasteiger partial charge in [-0.1, -0.05) is 0 Å². The third-order valence-electron chi connectivity index (χ3n) is 2.28. The van der Waals surface area contributed by atoms with Gasteiger partial charge in [0, 0.05) is 7.98 Å². The van der Waals surface area contributed by atoms with Crippen LogP contribution in [0.25, 0.3) is 0 Å². The van der Waals surface area contributed by atoms with Crippen molar-refractivity contribution in [1.29, 1.82) is 0 Å². The van der Waals surface area contributed by atoms with Crippen LogP contribution in [0.15, 0.2) is 0 Å². The Morgan fingerprint density at radius 3 is 3.27 bits per heavy atom. The van der Waals surface area contributed by atoms with Gasteiger partial charge in [0.1, 0.15) is 17.8 Å². The maximum atomic E-state index is 7.40. The van der Waals surface area contributed by atoms with E-state index in [2.05, 4.69) is 0 Å². The first kappa shape index (κ1) is 6.40. The van der Waals surface area contributed by atoms with E-state index in [9.17, 15) is 0 Å². The van der Waals surface area contributed by atoms with Crippen LogP contribution in [0.1, 0.15) is 15.2 Å². The highest BCUT2D eigenvalue weighted by atomic mass is 16.7. The highest BCUT2D eigenvalue weighted by molar-refractivity contribution is 5.01. The standard InChI is InChI=1S/C8H14O3/c1-3-9-7-6-4-11-8(7,2)5-10-6/h6-7H,3-5H2,1-2H3/t6-,7-,8-/m0/s1/i2D. The number of hydrogen-bond donors (Lipinski definition) is 0. The van der Waals surface area contributed by atoms with Crippen molar-refractivity contribution in [2.75, 3.05) is 19.8 Å². The third kappa shape index (κ3) is 0.991. The van der Waals surface area contributed by atoms with E-state index in [-0.39, 0.29) is 19.1 Å². The second kappa shape index (κ2) is 2.44. The molecule has 2 heterocycles. The lowest BCUT2D eigenvalue weighted by Crippen LogP contribution is -2.38. The molecule has 64 valence electrons. The second-order valence-electron chi connectivity index (χ2n) is 3.10. The molecule has 2 fully saturated rings. The minimum atomic E-state index is -0.458. The van der Waals surface area contributed by atoms with Crippen LogP contribution in [-0.2, 0) is 14.2 Å². The van der Waals surface area contributed by atoms with E-state index in [1.807, 2.05) is 6.92 Å². The maximum Gasteiger partial charge on any atom is 0.117 e. The SMILES string of the molecule is [2H]C[C@@]12CO[C@@H](CO1)[C@@H]2OCC. The molecule has 2 aliphatic rings. The van der Waals surface area contributed by atoms with Gasteiger partial charge in [-0.2, -0.15) is 0 Å². The zero-order chi connectivity index (χ0) is 8.60. The van der Waals surface area contributed by atoms with Gasteiger partial charge < -0.3 is 14.2 Å². The molecule has 0 saturated carbocycles. The Labute approximate surface area is 68.0 Å².